The molecule has 0 amide bonds. The van der Waals surface area contributed by atoms with Crippen LogP contribution in [-0.2, 0) is 6.42 Å². The summed E-state index contributed by atoms with van der Waals surface area (Å²) in [5.41, 5.74) is 1.67. The fraction of sp³-hybridized carbons (Fsp3) is 0.739. The Hall–Kier alpha value is -1.24. The van der Waals surface area contributed by atoms with E-state index in [1.54, 1.807) is 17.7 Å². The van der Waals surface area contributed by atoms with E-state index in [0.717, 1.165) is 54.6 Å². The predicted molar refractivity (Wildman–Crippen MR) is 119 cm³/mol. The Morgan fingerprint density at radius 3 is 2.66 bits per heavy atom. The highest BCUT2D eigenvalue weighted by Gasteiger charge is 2.37. The molecule has 2 aliphatic rings. The minimum atomic E-state index is -0.235. The van der Waals surface area contributed by atoms with Crippen molar-refractivity contribution in [3.05, 3.63) is 16.8 Å². The lowest BCUT2D eigenvalue weighted by Gasteiger charge is -2.44. The van der Waals surface area contributed by atoms with Crippen molar-refractivity contribution in [3.63, 3.8) is 0 Å². The van der Waals surface area contributed by atoms with Gasteiger partial charge >= 0.3 is 0 Å². The van der Waals surface area contributed by atoms with E-state index in [-0.39, 0.29) is 12.2 Å². The van der Waals surface area contributed by atoms with Crippen LogP contribution in [0.1, 0.15) is 81.6 Å². The summed E-state index contributed by atoms with van der Waals surface area (Å²) in [6, 6.07) is 0. The number of rotatable bonds is 7. The molecule has 0 spiro atoms. The quantitative estimate of drug-likeness (QED) is 0.693. The third-order valence-corrected chi connectivity index (χ3v) is 8.65. The van der Waals surface area contributed by atoms with Gasteiger partial charge in [0.05, 0.1) is 11.5 Å². The average Bonchev–Trinajstić information content (AvgIpc) is 3.28. The van der Waals surface area contributed by atoms with Crippen LogP contribution in [0.25, 0.3) is 10.2 Å². The second-order valence-electron chi connectivity index (χ2n) is 9.12. The second-order valence-corrected chi connectivity index (χ2v) is 10.2. The average molecular weight is 418 g/mol. The molecule has 4 rings (SSSR count). The minimum absolute atomic E-state index is 0.226. The van der Waals surface area contributed by atoms with Gasteiger partial charge in [0.1, 0.15) is 17.3 Å². The van der Waals surface area contributed by atoms with Crippen LogP contribution < -0.4 is 4.74 Å². The molecule has 2 unspecified atom stereocenters. The van der Waals surface area contributed by atoms with Crippen LogP contribution in [0.4, 0.5) is 0 Å². The lowest BCUT2D eigenvalue weighted by atomic mass is 9.77. The number of fused-ring (bicyclic) bond motifs is 3. The number of hydrogen-bond donors (Lipinski definition) is 1. The highest BCUT2D eigenvalue weighted by atomic mass is 32.1. The summed E-state index contributed by atoms with van der Waals surface area (Å²) >= 11 is 1.79. The van der Waals surface area contributed by atoms with E-state index >= 15 is 0 Å². The van der Waals surface area contributed by atoms with E-state index in [0.29, 0.717) is 11.5 Å². The molecule has 6 heteroatoms. The number of hydrogen-bond acceptors (Lipinski definition) is 6. The molecule has 2 heterocycles. The summed E-state index contributed by atoms with van der Waals surface area (Å²) in [5.74, 6) is 1.17. The molecule has 1 N–H and O–H groups in total. The van der Waals surface area contributed by atoms with Gasteiger partial charge in [-0.1, -0.05) is 13.8 Å². The first-order valence-corrected chi connectivity index (χ1v) is 12.1. The van der Waals surface area contributed by atoms with Crippen LogP contribution in [0.5, 0.6) is 5.88 Å². The molecule has 0 aliphatic heterocycles. The summed E-state index contributed by atoms with van der Waals surface area (Å²) in [6.07, 6.45) is 11.1. The molecule has 2 aliphatic carbocycles. The first-order chi connectivity index (χ1) is 14.0. The molecule has 5 nitrogen and oxygen atoms in total. The number of aromatic nitrogens is 2. The summed E-state index contributed by atoms with van der Waals surface area (Å²) in [5, 5.41) is 11.4. The fourth-order valence-electron chi connectivity index (χ4n) is 5.38. The van der Waals surface area contributed by atoms with Crippen molar-refractivity contribution >= 4 is 21.6 Å². The van der Waals surface area contributed by atoms with Crippen LogP contribution >= 0.6 is 11.3 Å². The van der Waals surface area contributed by atoms with Crippen LogP contribution in [-0.4, -0.2) is 51.8 Å². The highest BCUT2D eigenvalue weighted by molar-refractivity contribution is 7.19. The van der Waals surface area contributed by atoms with Crippen LogP contribution in [0.3, 0.4) is 0 Å². The predicted octanol–water partition coefficient (Wildman–Crippen LogP) is 4.91. The molecule has 0 bridgehead atoms. The fourth-order valence-corrected chi connectivity index (χ4v) is 6.61. The van der Waals surface area contributed by atoms with Gasteiger partial charge in [0.25, 0.3) is 0 Å². The maximum atomic E-state index is 10.2. The molecular weight excluding hydrogens is 382 g/mol. The highest BCUT2D eigenvalue weighted by Crippen LogP contribution is 2.48. The SMILES string of the molecule is CCC(O)CC1CCc2sc3ncnc(OC4CCC(CC)(N(C)C)CC4)c3c21. The summed E-state index contributed by atoms with van der Waals surface area (Å²) < 4.78 is 6.52. The van der Waals surface area contributed by atoms with Gasteiger partial charge in [0.2, 0.25) is 5.88 Å². The lowest BCUT2D eigenvalue weighted by molar-refractivity contribution is 0.0402. The number of aliphatic hydroxyl groups is 1. The molecular formula is C23H35N3O2S. The van der Waals surface area contributed by atoms with Gasteiger partial charge in [-0.05, 0) is 83.4 Å². The molecule has 1 fully saturated rings. The van der Waals surface area contributed by atoms with Gasteiger partial charge in [-0.25, -0.2) is 9.97 Å². The third-order valence-electron chi connectivity index (χ3n) is 7.47. The van der Waals surface area contributed by atoms with Crippen LogP contribution in [0.2, 0.25) is 0 Å². The molecule has 2 aromatic rings. The Kier molecular flexibility index (Phi) is 6.14. The zero-order chi connectivity index (χ0) is 20.6. The summed E-state index contributed by atoms with van der Waals surface area (Å²) in [6.45, 7) is 4.35. The molecule has 0 saturated heterocycles. The smallest absolute Gasteiger partial charge is 0.225 e. The van der Waals surface area contributed by atoms with Gasteiger partial charge in [-0.2, -0.15) is 0 Å². The zero-order valence-corrected chi connectivity index (χ0v) is 19.1. The van der Waals surface area contributed by atoms with E-state index in [4.69, 9.17) is 4.74 Å². The summed E-state index contributed by atoms with van der Waals surface area (Å²) in [7, 11) is 4.41. The Bertz CT molecular complexity index is 842. The largest absolute Gasteiger partial charge is 0.474 e. The Morgan fingerprint density at radius 1 is 1.24 bits per heavy atom. The third kappa shape index (κ3) is 3.91. The number of aliphatic hydroxyl groups excluding tert-OH is 1. The minimum Gasteiger partial charge on any atom is -0.474 e. The first-order valence-electron chi connectivity index (χ1n) is 11.3. The number of aryl methyl sites for hydroxylation is 1. The maximum Gasteiger partial charge on any atom is 0.225 e. The van der Waals surface area contributed by atoms with Crippen molar-refractivity contribution in [1.29, 1.82) is 0 Å². The van der Waals surface area contributed by atoms with Crippen molar-refractivity contribution < 1.29 is 9.84 Å². The number of ether oxygens (including phenoxy) is 1. The number of thiophene rings is 1. The van der Waals surface area contributed by atoms with Crippen molar-refractivity contribution in [1.82, 2.24) is 14.9 Å². The number of nitrogens with zero attached hydrogens (tertiary/aromatic N) is 3. The van der Waals surface area contributed by atoms with E-state index in [1.807, 2.05) is 0 Å². The Morgan fingerprint density at radius 2 is 2.00 bits per heavy atom. The van der Waals surface area contributed by atoms with Crippen molar-refractivity contribution in [2.24, 2.45) is 0 Å². The molecule has 29 heavy (non-hydrogen) atoms. The van der Waals surface area contributed by atoms with Crippen molar-refractivity contribution in [2.75, 3.05) is 14.1 Å². The lowest BCUT2D eigenvalue weighted by Crippen LogP contribution is -2.48. The van der Waals surface area contributed by atoms with E-state index < -0.39 is 0 Å². The summed E-state index contributed by atoms with van der Waals surface area (Å²) in [4.78, 5) is 14.0. The van der Waals surface area contributed by atoms with Crippen LogP contribution in [0.15, 0.2) is 6.33 Å². The normalized spacial score (nSPS) is 28.1. The zero-order valence-electron chi connectivity index (χ0n) is 18.3. The van der Waals surface area contributed by atoms with Crippen molar-refractivity contribution in [3.8, 4) is 5.88 Å². The Balaban J connectivity index is 1.56. The Labute approximate surface area is 178 Å². The maximum absolute atomic E-state index is 10.2. The van der Waals surface area contributed by atoms with Gasteiger partial charge in [-0.3, -0.25) is 0 Å². The van der Waals surface area contributed by atoms with Crippen LogP contribution in [0, 0.1) is 0 Å². The monoisotopic (exact) mass is 417 g/mol. The van der Waals surface area contributed by atoms with Gasteiger partial charge in [0, 0.05) is 10.4 Å². The van der Waals surface area contributed by atoms with E-state index in [1.165, 1.54) is 29.7 Å². The van der Waals surface area contributed by atoms with Gasteiger partial charge < -0.3 is 14.7 Å². The van der Waals surface area contributed by atoms with E-state index in [2.05, 4.69) is 42.8 Å². The standard InChI is InChI=1S/C23H35N3O2S/c1-5-16(27)13-15-7-8-18-19(15)20-21(24-14-25-22(20)29-18)28-17-9-11-23(6-2,12-10-17)26(3)4/h14-17,27H,5-13H2,1-4H3. The van der Waals surface area contributed by atoms with E-state index in [9.17, 15) is 5.11 Å². The van der Waals surface area contributed by atoms with Gasteiger partial charge in [0.15, 0.2) is 0 Å². The molecule has 2 atom stereocenters. The molecule has 2 aromatic heterocycles. The molecule has 1 saturated carbocycles. The molecule has 0 aromatic carbocycles. The van der Waals surface area contributed by atoms with Gasteiger partial charge in [-0.15, -0.1) is 11.3 Å². The first kappa shape index (κ1) is 21.0. The second kappa shape index (κ2) is 8.48. The van der Waals surface area contributed by atoms with Crippen molar-refractivity contribution in [2.45, 2.75) is 95.3 Å². The molecule has 0 radical (unpaired) electrons. The molecule has 160 valence electrons. The topological polar surface area (TPSA) is 58.5 Å².